The predicted molar refractivity (Wildman–Crippen MR) is 80.8 cm³/mol. The van der Waals surface area contributed by atoms with Gasteiger partial charge in [-0.1, -0.05) is 0 Å². The molecule has 2 aliphatic rings. The van der Waals surface area contributed by atoms with Crippen LogP contribution in [-0.4, -0.2) is 61.4 Å². The molecule has 3 rings (SSSR count). The normalized spacial score (nSPS) is 23.4. The maximum Gasteiger partial charge on any atom is 0.335 e. The number of anilines is 2. The summed E-state index contributed by atoms with van der Waals surface area (Å²) in [6.45, 7) is 5.36. The molecule has 0 aromatic heterocycles. The van der Waals surface area contributed by atoms with Crippen LogP contribution in [0.5, 0.6) is 0 Å². The average molecular weight is 291 g/mol. The number of hydrogen-bond donors (Lipinski definition) is 2. The van der Waals surface area contributed by atoms with Crippen LogP contribution in [0.3, 0.4) is 0 Å². The van der Waals surface area contributed by atoms with E-state index in [1.165, 1.54) is 0 Å². The van der Waals surface area contributed by atoms with Gasteiger partial charge in [0.1, 0.15) is 0 Å². The zero-order valence-electron chi connectivity index (χ0n) is 12.0. The zero-order chi connectivity index (χ0) is 14.8. The van der Waals surface area contributed by atoms with E-state index in [2.05, 4.69) is 9.80 Å². The second-order valence-corrected chi connectivity index (χ2v) is 5.62. The third-order valence-corrected chi connectivity index (χ3v) is 4.34. The fraction of sp³-hybridized carbons (Fsp3) is 0.533. The topological polar surface area (TPSA) is 79.0 Å². The minimum Gasteiger partial charge on any atom is -0.478 e. The maximum atomic E-state index is 11.1. The molecule has 114 valence electrons. The smallest absolute Gasteiger partial charge is 0.335 e. The van der Waals surface area contributed by atoms with E-state index in [0.29, 0.717) is 11.7 Å². The summed E-state index contributed by atoms with van der Waals surface area (Å²) in [5.41, 5.74) is 7.79. The molecule has 0 saturated carbocycles. The van der Waals surface area contributed by atoms with Gasteiger partial charge in [0.15, 0.2) is 0 Å². The number of morpholine rings is 1. The van der Waals surface area contributed by atoms with E-state index in [4.69, 9.17) is 15.6 Å². The molecule has 0 spiro atoms. The number of hydrogen-bond acceptors (Lipinski definition) is 5. The van der Waals surface area contributed by atoms with E-state index in [1.807, 2.05) is 0 Å². The lowest BCUT2D eigenvalue weighted by Crippen LogP contribution is -2.44. The fourth-order valence-electron chi connectivity index (χ4n) is 3.15. The molecule has 0 aliphatic carbocycles. The standard InChI is InChI=1S/C15H21N3O3/c16-13-2-1-11(15(19)20)9-14(13)18-4-3-12(10-18)17-5-7-21-8-6-17/h1-2,9,12H,3-8,10,16H2,(H,19,20). The average Bonchev–Trinajstić information content (AvgIpc) is 2.98. The van der Waals surface area contributed by atoms with Crippen molar-refractivity contribution in [3.8, 4) is 0 Å². The highest BCUT2D eigenvalue weighted by Crippen LogP contribution is 2.29. The molecule has 1 atom stereocenters. The molecule has 1 aromatic rings. The second kappa shape index (κ2) is 5.91. The third kappa shape index (κ3) is 2.96. The number of aromatic carboxylic acids is 1. The monoisotopic (exact) mass is 291 g/mol. The Hall–Kier alpha value is -1.79. The summed E-state index contributed by atoms with van der Waals surface area (Å²) >= 11 is 0. The molecule has 6 nitrogen and oxygen atoms in total. The zero-order valence-corrected chi connectivity index (χ0v) is 12.0. The SMILES string of the molecule is Nc1ccc(C(=O)O)cc1N1CCC(N2CCOCC2)C1. The lowest BCUT2D eigenvalue weighted by Gasteiger charge is -2.32. The van der Waals surface area contributed by atoms with Crippen LogP contribution in [-0.2, 0) is 4.74 Å². The van der Waals surface area contributed by atoms with Crippen molar-refractivity contribution in [3.05, 3.63) is 23.8 Å². The van der Waals surface area contributed by atoms with Gasteiger partial charge in [0.25, 0.3) is 0 Å². The van der Waals surface area contributed by atoms with Crippen LogP contribution in [0.1, 0.15) is 16.8 Å². The van der Waals surface area contributed by atoms with Crippen molar-refractivity contribution in [1.82, 2.24) is 4.90 Å². The van der Waals surface area contributed by atoms with Crippen molar-refractivity contribution < 1.29 is 14.6 Å². The second-order valence-electron chi connectivity index (χ2n) is 5.62. The van der Waals surface area contributed by atoms with Crippen molar-refractivity contribution >= 4 is 17.3 Å². The molecule has 2 fully saturated rings. The van der Waals surface area contributed by atoms with Gasteiger partial charge in [-0.05, 0) is 24.6 Å². The van der Waals surface area contributed by atoms with E-state index in [1.54, 1.807) is 18.2 Å². The molecule has 1 unspecified atom stereocenters. The third-order valence-electron chi connectivity index (χ3n) is 4.34. The highest BCUT2D eigenvalue weighted by molar-refractivity contribution is 5.90. The van der Waals surface area contributed by atoms with Crippen molar-refractivity contribution in [1.29, 1.82) is 0 Å². The summed E-state index contributed by atoms with van der Waals surface area (Å²) in [6, 6.07) is 5.42. The first-order chi connectivity index (χ1) is 10.1. The fourth-order valence-corrected chi connectivity index (χ4v) is 3.15. The Bertz CT molecular complexity index is 529. The lowest BCUT2D eigenvalue weighted by atomic mass is 10.1. The number of ether oxygens (including phenoxy) is 1. The van der Waals surface area contributed by atoms with Crippen LogP contribution in [0.15, 0.2) is 18.2 Å². The summed E-state index contributed by atoms with van der Waals surface area (Å²) in [7, 11) is 0. The van der Waals surface area contributed by atoms with Gasteiger partial charge < -0.3 is 20.5 Å². The Labute approximate surface area is 124 Å². The molecule has 2 heterocycles. The van der Waals surface area contributed by atoms with Crippen LogP contribution in [0.4, 0.5) is 11.4 Å². The molecular formula is C15H21N3O3. The molecule has 2 aliphatic heterocycles. The Morgan fingerprint density at radius 3 is 2.76 bits per heavy atom. The van der Waals surface area contributed by atoms with Crippen molar-refractivity contribution in [2.24, 2.45) is 0 Å². The molecule has 2 saturated heterocycles. The molecule has 6 heteroatoms. The minimum atomic E-state index is -0.917. The summed E-state index contributed by atoms with van der Waals surface area (Å²) in [4.78, 5) is 15.8. The van der Waals surface area contributed by atoms with Crippen molar-refractivity contribution in [2.75, 3.05) is 50.0 Å². The minimum absolute atomic E-state index is 0.286. The largest absolute Gasteiger partial charge is 0.478 e. The number of benzene rings is 1. The van der Waals surface area contributed by atoms with E-state index in [9.17, 15) is 4.79 Å². The number of carboxylic acid groups (broad SMARTS) is 1. The maximum absolute atomic E-state index is 11.1. The number of rotatable bonds is 3. The summed E-state index contributed by atoms with van der Waals surface area (Å²) in [5.74, 6) is -0.917. The van der Waals surface area contributed by atoms with Gasteiger partial charge in [0.2, 0.25) is 0 Å². The van der Waals surface area contributed by atoms with Crippen molar-refractivity contribution in [3.63, 3.8) is 0 Å². The molecular weight excluding hydrogens is 270 g/mol. The van der Waals surface area contributed by atoms with Crippen LogP contribution in [0.25, 0.3) is 0 Å². The van der Waals surface area contributed by atoms with E-state index in [0.717, 1.165) is 51.5 Å². The lowest BCUT2D eigenvalue weighted by molar-refractivity contribution is 0.0209. The van der Waals surface area contributed by atoms with E-state index < -0.39 is 5.97 Å². The first-order valence-corrected chi connectivity index (χ1v) is 7.35. The number of carbonyl (C=O) groups is 1. The van der Waals surface area contributed by atoms with Gasteiger partial charge in [-0.2, -0.15) is 0 Å². The number of nitrogens with two attached hydrogens (primary N) is 1. The van der Waals surface area contributed by atoms with Gasteiger partial charge in [0.05, 0.1) is 30.2 Å². The molecule has 0 amide bonds. The Kier molecular flexibility index (Phi) is 3.98. The van der Waals surface area contributed by atoms with Gasteiger partial charge in [0, 0.05) is 32.2 Å². The van der Waals surface area contributed by atoms with Crippen LogP contribution >= 0.6 is 0 Å². The Balaban J connectivity index is 1.73. The van der Waals surface area contributed by atoms with Gasteiger partial charge in [-0.3, -0.25) is 4.90 Å². The quantitative estimate of drug-likeness (QED) is 0.805. The van der Waals surface area contributed by atoms with Gasteiger partial charge in [-0.25, -0.2) is 4.79 Å². The number of nitrogens with zero attached hydrogens (tertiary/aromatic N) is 2. The molecule has 21 heavy (non-hydrogen) atoms. The highest BCUT2D eigenvalue weighted by Gasteiger charge is 2.29. The van der Waals surface area contributed by atoms with Gasteiger partial charge in [-0.15, -0.1) is 0 Å². The molecule has 0 radical (unpaired) electrons. The summed E-state index contributed by atoms with van der Waals surface area (Å²) in [6.07, 6.45) is 1.08. The van der Waals surface area contributed by atoms with E-state index >= 15 is 0 Å². The van der Waals surface area contributed by atoms with Crippen LogP contribution < -0.4 is 10.6 Å². The highest BCUT2D eigenvalue weighted by atomic mass is 16.5. The first kappa shape index (κ1) is 14.2. The first-order valence-electron chi connectivity index (χ1n) is 7.35. The van der Waals surface area contributed by atoms with E-state index in [-0.39, 0.29) is 5.56 Å². The molecule has 0 bridgehead atoms. The Morgan fingerprint density at radius 1 is 1.29 bits per heavy atom. The van der Waals surface area contributed by atoms with Crippen LogP contribution in [0.2, 0.25) is 0 Å². The summed E-state index contributed by atoms with van der Waals surface area (Å²) < 4.78 is 5.39. The predicted octanol–water partition coefficient (Wildman–Crippen LogP) is 0.878. The van der Waals surface area contributed by atoms with Crippen LogP contribution in [0, 0.1) is 0 Å². The number of nitrogen functional groups attached to an aromatic ring is 1. The molecule has 3 N–H and O–H groups in total. The molecule has 1 aromatic carbocycles. The Morgan fingerprint density at radius 2 is 2.05 bits per heavy atom. The van der Waals surface area contributed by atoms with Crippen molar-refractivity contribution in [2.45, 2.75) is 12.5 Å². The summed E-state index contributed by atoms with van der Waals surface area (Å²) in [5, 5.41) is 9.12. The number of carboxylic acids is 1. The van der Waals surface area contributed by atoms with Gasteiger partial charge >= 0.3 is 5.97 Å².